The van der Waals surface area contributed by atoms with Crippen LogP contribution >= 0.6 is 0 Å². The molecule has 0 radical (unpaired) electrons. The highest BCUT2D eigenvalue weighted by Crippen LogP contribution is 2.30. The van der Waals surface area contributed by atoms with E-state index in [1.54, 1.807) is 13.8 Å². The highest BCUT2D eigenvalue weighted by atomic mass is 32.2. The van der Waals surface area contributed by atoms with Crippen molar-refractivity contribution >= 4 is 27.5 Å². The Morgan fingerprint density at radius 3 is 2.55 bits per heavy atom. The number of likely N-dealkylation sites (N-methyl/N-ethyl adjacent to an activating group) is 1. The largest absolute Gasteiger partial charge is 0.490 e. The Bertz CT molecular complexity index is 1460. The quantitative estimate of drug-likeness (QED) is 0.382. The number of alkyl halides is 3. The second-order valence-corrected chi connectivity index (χ2v) is 14.1. The number of ether oxygens (including phenoxy) is 2. The van der Waals surface area contributed by atoms with E-state index in [4.69, 9.17) is 14.0 Å². The number of aliphatic hydroxyl groups is 1. The number of anilines is 1. The fourth-order valence-electron chi connectivity index (χ4n) is 5.29. The molecule has 0 saturated heterocycles. The highest BCUT2D eigenvalue weighted by molar-refractivity contribution is 7.89. The van der Waals surface area contributed by atoms with Gasteiger partial charge in [-0.15, -0.1) is 0 Å². The van der Waals surface area contributed by atoms with Crippen LogP contribution in [-0.4, -0.2) is 97.5 Å². The van der Waals surface area contributed by atoms with E-state index in [0.29, 0.717) is 25.9 Å². The number of nitrogens with one attached hydrogen (secondary N) is 1. The normalized spacial score (nSPS) is 21.1. The number of rotatable bonds is 9. The molecule has 1 aliphatic rings. The number of aryl methyl sites for hydroxylation is 2. The van der Waals surface area contributed by atoms with Gasteiger partial charge in [-0.05, 0) is 65.2 Å². The van der Waals surface area contributed by atoms with Crippen molar-refractivity contribution in [3.63, 3.8) is 0 Å². The number of fused-ring (bicyclic) bond motifs is 1. The SMILES string of the molecule is Cc1noc(C)c1S(=O)(=O)N(C)C[C@H]1OCCCC[C@H](C)Oc2ccc(NC(=O)CCC(F)(F)F)cc2C(=O)N([C@@H](C)CO)C[C@@H]1C. The molecule has 0 unspecified atom stereocenters. The number of amides is 2. The average molecular weight is 691 g/mol. The van der Waals surface area contributed by atoms with E-state index in [1.807, 2.05) is 13.8 Å². The van der Waals surface area contributed by atoms with E-state index in [9.17, 15) is 36.3 Å². The number of nitrogens with zero attached hydrogens (tertiary/aromatic N) is 3. The number of carbonyl (C=O) groups is 2. The lowest BCUT2D eigenvalue weighted by molar-refractivity contribution is -0.142. The van der Waals surface area contributed by atoms with Crippen LogP contribution in [-0.2, 0) is 19.6 Å². The molecule has 3 rings (SSSR count). The number of sulfonamides is 1. The van der Waals surface area contributed by atoms with Crippen LogP contribution in [0.5, 0.6) is 5.75 Å². The molecule has 2 heterocycles. The van der Waals surface area contributed by atoms with E-state index in [-0.39, 0.29) is 52.5 Å². The van der Waals surface area contributed by atoms with Gasteiger partial charge in [0.05, 0.1) is 36.8 Å². The molecule has 2 amide bonds. The van der Waals surface area contributed by atoms with Crippen molar-refractivity contribution in [2.45, 2.75) is 96.0 Å². The van der Waals surface area contributed by atoms with Gasteiger partial charge in [-0.3, -0.25) is 9.59 Å². The molecule has 2 N–H and O–H groups in total. The third kappa shape index (κ3) is 10.4. The number of benzene rings is 1. The zero-order chi connectivity index (χ0) is 35.1. The number of aromatic nitrogens is 1. The first-order valence-electron chi connectivity index (χ1n) is 15.5. The van der Waals surface area contributed by atoms with E-state index >= 15 is 0 Å². The molecule has 12 nitrogen and oxygen atoms in total. The van der Waals surface area contributed by atoms with Crippen molar-refractivity contribution in [3.05, 3.63) is 35.2 Å². The fourth-order valence-corrected chi connectivity index (χ4v) is 6.76. The van der Waals surface area contributed by atoms with Gasteiger partial charge in [-0.1, -0.05) is 12.1 Å². The van der Waals surface area contributed by atoms with Gasteiger partial charge < -0.3 is 29.3 Å². The first kappa shape index (κ1) is 38.2. The molecule has 16 heteroatoms. The monoisotopic (exact) mass is 690 g/mol. The first-order valence-corrected chi connectivity index (χ1v) is 17.0. The van der Waals surface area contributed by atoms with Gasteiger partial charge >= 0.3 is 6.18 Å². The van der Waals surface area contributed by atoms with Crippen molar-refractivity contribution in [1.82, 2.24) is 14.4 Å². The molecule has 4 atom stereocenters. The second kappa shape index (κ2) is 16.3. The molecule has 2 aromatic rings. The summed E-state index contributed by atoms with van der Waals surface area (Å²) >= 11 is 0. The maximum atomic E-state index is 14.2. The minimum atomic E-state index is -4.50. The fraction of sp³-hybridized carbons (Fsp3) is 0.645. The van der Waals surface area contributed by atoms with Crippen LogP contribution in [0.3, 0.4) is 0 Å². The third-order valence-corrected chi connectivity index (χ3v) is 10.1. The van der Waals surface area contributed by atoms with Gasteiger partial charge in [0.25, 0.3) is 5.91 Å². The van der Waals surface area contributed by atoms with Crippen LogP contribution in [0, 0.1) is 19.8 Å². The summed E-state index contributed by atoms with van der Waals surface area (Å²) in [5.74, 6) is -1.48. The average Bonchev–Trinajstić information content (AvgIpc) is 3.35. The number of aliphatic hydroxyl groups excluding tert-OH is 1. The minimum absolute atomic E-state index is 0.0221. The number of hydrogen-bond donors (Lipinski definition) is 2. The Hall–Kier alpha value is -3.21. The highest BCUT2D eigenvalue weighted by Gasteiger charge is 2.34. The predicted octanol–water partition coefficient (Wildman–Crippen LogP) is 4.69. The lowest BCUT2D eigenvalue weighted by Crippen LogP contribution is -2.48. The Labute approximate surface area is 273 Å². The first-order chi connectivity index (χ1) is 21.9. The van der Waals surface area contributed by atoms with E-state index in [1.165, 1.54) is 41.4 Å². The molecule has 0 fully saturated rings. The van der Waals surface area contributed by atoms with Crippen LogP contribution in [0.4, 0.5) is 18.9 Å². The summed E-state index contributed by atoms with van der Waals surface area (Å²) in [6.07, 6.45) is -5.60. The lowest BCUT2D eigenvalue weighted by atomic mass is 10.0. The summed E-state index contributed by atoms with van der Waals surface area (Å²) in [6, 6.07) is 3.59. The minimum Gasteiger partial charge on any atom is -0.490 e. The van der Waals surface area contributed by atoms with Gasteiger partial charge in [-0.25, -0.2) is 8.42 Å². The number of carbonyl (C=O) groups excluding carboxylic acids is 2. The maximum absolute atomic E-state index is 14.2. The Morgan fingerprint density at radius 1 is 1.23 bits per heavy atom. The van der Waals surface area contributed by atoms with Crippen LogP contribution in [0.2, 0.25) is 0 Å². The smallest absolute Gasteiger partial charge is 0.389 e. The standard InChI is InChI=1S/C31H45F3N4O8S/c1-19-16-38(20(2)18-39)30(41)25-15-24(35-28(40)12-13-31(32,33)34)10-11-26(25)45-21(3)9-7-8-14-44-27(19)17-37(6)47(42,43)29-22(4)36-46-23(29)5/h10-11,15,19-21,27,39H,7-9,12-14,16-18H2,1-6H3,(H,35,40)/t19-,20-,21-,27+/m0/s1. The summed E-state index contributed by atoms with van der Waals surface area (Å²) in [5.41, 5.74) is 0.387. The molecule has 47 heavy (non-hydrogen) atoms. The van der Waals surface area contributed by atoms with E-state index in [0.717, 1.165) is 0 Å². The van der Waals surface area contributed by atoms with Gasteiger partial charge in [0, 0.05) is 44.8 Å². The lowest BCUT2D eigenvalue weighted by Gasteiger charge is -2.35. The van der Waals surface area contributed by atoms with Crippen molar-refractivity contribution in [3.8, 4) is 5.75 Å². The molecule has 0 spiro atoms. The molecule has 0 saturated carbocycles. The zero-order valence-electron chi connectivity index (χ0n) is 27.6. The van der Waals surface area contributed by atoms with Gasteiger partial charge in [0.15, 0.2) is 5.76 Å². The maximum Gasteiger partial charge on any atom is 0.389 e. The Kier molecular flexibility index (Phi) is 13.2. The summed E-state index contributed by atoms with van der Waals surface area (Å²) in [5, 5.41) is 16.3. The summed E-state index contributed by atoms with van der Waals surface area (Å²) in [7, 11) is -2.57. The summed E-state index contributed by atoms with van der Waals surface area (Å²) in [4.78, 5) is 27.8. The van der Waals surface area contributed by atoms with Crippen molar-refractivity contribution in [2.75, 3.05) is 38.7 Å². The Balaban J connectivity index is 1.95. The van der Waals surface area contributed by atoms with Gasteiger partial charge in [0.1, 0.15) is 16.3 Å². The van der Waals surface area contributed by atoms with Gasteiger partial charge in [-0.2, -0.15) is 17.5 Å². The molecule has 0 aliphatic carbocycles. The molecule has 1 aromatic heterocycles. The number of hydrogen-bond acceptors (Lipinski definition) is 9. The van der Waals surface area contributed by atoms with E-state index in [2.05, 4.69) is 10.5 Å². The molecular formula is C31H45F3N4O8S. The van der Waals surface area contributed by atoms with Crippen LogP contribution in [0.25, 0.3) is 0 Å². The summed E-state index contributed by atoms with van der Waals surface area (Å²) in [6.45, 7) is 8.28. The summed E-state index contributed by atoms with van der Waals surface area (Å²) < 4.78 is 83.6. The number of halogens is 3. The van der Waals surface area contributed by atoms with Crippen LogP contribution in [0.1, 0.15) is 74.7 Å². The molecule has 0 bridgehead atoms. The molecule has 264 valence electrons. The molecule has 1 aliphatic heterocycles. The van der Waals surface area contributed by atoms with E-state index < -0.39 is 65.5 Å². The van der Waals surface area contributed by atoms with Crippen molar-refractivity contribution in [2.24, 2.45) is 5.92 Å². The predicted molar refractivity (Wildman–Crippen MR) is 167 cm³/mol. The second-order valence-electron chi connectivity index (χ2n) is 12.1. The zero-order valence-corrected chi connectivity index (χ0v) is 28.4. The Morgan fingerprint density at radius 2 is 1.94 bits per heavy atom. The van der Waals surface area contributed by atoms with Crippen molar-refractivity contribution < 1.29 is 50.3 Å². The van der Waals surface area contributed by atoms with Crippen molar-refractivity contribution in [1.29, 1.82) is 0 Å². The van der Waals surface area contributed by atoms with Gasteiger partial charge in [0.2, 0.25) is 15.9 Å². The third-order valence-electron chi connectivity index (χ3n) is 8.04. The molecule has 1 aromatic carbocycles. The van der Waals surface area contributed by atoms with Crippen LogP contribution < -0.4 is 10.1 Å². The van der Waals surface area contributed by atoms with Crippen LogP contribution in [0.15, 0.2) is 27.6 Å². The topological polar surface area (TPSA) is 152 Å². The molecular weight excluding hydrogens is 645 g/mol.